The lowest BCUT2D eigenvalue weighted by atomic mass is 10.3. The summed E-state index contributed by atoms with van der Waals surface area (Å²) < 4.78 is 5.59. The second kappa shape index (κ2) is 7.28. The van der Waals surface area contributed by atoms with Gasteiger partial charge in [0.2, 0.25) is 0 Å². The Morgan fingerprint density at radius 2 is 1.89 bits per heavy atom. The van der Waals surface area contributed by atoms with Crippen molar-refractivity contribution in [3.8, 4) is 0 Å². The minimum atomic E-state index is 0.734. The summed E-state index contributed by atoms with van der Waals surface area (Å²) in [5, 5.41) is 6.61. The summed E-state index contributed by atoms with van der Waals surface area (Å²) in [6.45, 7) is 7.54. The van der Waals surface area contributed by atoms with E-state index in [2.05, 4.69) is 27.5 Å². The molecule has 2 rings (SSSR count). The molecule has 5 nitrogen and oxygen atoms in total. The molecule has 0 radical (unpaired) electrons. The maximum Gasteiger partial charge on any atom is 0.134 e. The fraction of sp³-hybridized carbons (Fsp3) is 0.714. The highest BCUT2D eigenvalue weighted by Crippen LogP contribution is 2.28. The zero-order valence-corrected chi connectivity index (χ0v) is 11.9. The van der Waals surface area contributed by atoms with Gasteiger partial charge in [0, 0.05) is 25.3 Å². The number of ether oxygens (including phenoxy) is 1. The van der Waals surface area contributed by atoms with Crippen molar-refractivity contribution < 1.29 is 4.74 Å². The van der Waals surface area contributed by atoms with Crippen LogP contribution >= 0.6 is 0 Å². The fourth-order valence-electron chi connectivity index (χ4n) is 1.83. The summed E-state index contributed by atoms with van der Waals surface area (Å²) in [4.78, 5) is 8.53. The molecule has 0 saturated heterocycles. The van der Waals surface area contributed by atoms with Crippen molar-refractivity contribution in [3.63, 3.8) is 0 Å². The predicted molar refractivity (Wildman–Crippen MR) is 77.6 cm³/mol. The van der Waals surface area contributed by atoms with Crippen LogP contribution < -0.4 is 10.6 Å². The first-order valence-corrected chi connectivity index (χ1v) is 7.18. The van der Waals surface area contributed by atoms with E-state index in [-0.39, 0.29) is 0 Å². The number of nitrogens with one attached hydrogen (secondary N) is 2. The van der Waals surface area contributed by atoms with Crippen molar-refractivity contribution in [1.29, 1.82) is 0 Å². The summed E-state index contributed by atoms with van der Waals surface area (Å²) in [6.07, 6.45) is 5.36. The van der Waals surface area contributed by atoms with Gasteiger partial charge in [0.25, 0.3) is 0 Å². The molecule has 0 spiro atoms. The summed E-state index contributed by atoms with van der Waals surface area (Å²) in [5.41, 5.74) is 1.07. The van der Waals surface area contributed by atoms with Gasteiger partial charge in [0.15, 0.2) is 0 Å². The molecule has 1 aliphatic rings. The summed E-state index contributed by atoms with van der Waals surface area (Å²) in [5.74, 6) is 2.63. The van der Waals surface area contributed by atoms with Gasteiger partial charge in [0.05, 0.1) is 6.61 Å². The molecule has 0 bridgehead atoms. The third-order valence-electron chi connectivity index (χ3n) is 3.22. The summed E-state index contributed by atoms with van der Waals surface area (Å²) >= 11 is 0. The van der Waals surface area contributed by atoms with Crippen molar-refractivity contribution in [3.05, 3.63) is 11.9 Å². The van der Waals surface area contributed by atoms with Crippen LogP contribution in [-0.2, 0) is 4.74 Å². The van der Waals surface area contributed by atoms with E-state index in [0.717, 1.165) is 55.8 Å². The molecule has 0 atom stereocenters. The Labute approximate surface area is 115 Å². The minimum absolute atomic E-state index is 0.734. The number of nitrogens with zero attached hydrogens (tertiary/aromatic N) is 2. The average Bonchev–Trinajstić information content (AvgIpc) is 3.23. The first-order chi connectivity index (χ1) is 9.31. The molecule has 0 aliphatic heterocycles. The normalized spacial score (nSPS) is 14.4. The molecule has 1 fully saturated rings. The quantitative estimate of drug-likeness (QED) is 0.671. The topological polar surface area (TPSA) is 59.1 Å². The number of hydrogen-bond donors (Lipinski definition) is 2. The van der Waals surface area contributed by atoms with Gasteiger partial charge in [-0.25, -0.2) is 9.97 Å². The van der Waals surface area contributed by atoms with Gasteiger partial charge >= 0.3 is 0 Å². The van der Waals surface area contributed by atoms with E-state index in [9.17, 15) is 0 Å². The summed E-state index contributed by atoms with van der Waals surface area (Å²) in [7, 11) is 0. The molecule has 1 aromatic rings. The molecule has 0 unspecified atom stereocenters. The maximum atomic E-state index is 5.59. The zero-order valence-electron chi connectivity index (χ0n) is 11.9. The fourth-order valence-corrected chi connectivity index (χ4v) is 1.83. The molecule has 1 heterocycles. The molecular weight excluding hydrogens is 240 g/mol. The van der Waals surface area contributed by atoms with Crippen LogP contribution in [0.2, 0.25) is 0 Å². The highest BCUT2D eigenvalue weighted by atomic mass is 16.5. The Kier molecular flexibility index (Phi) is 5.39. The summed E-state index contributed by atoms with van der Waals surface area (Å²) in [6, 6.07) is 0. The van der Waals surface area contributed by atoms with Crippen molar-refractivity contribution in [1.82, 2.24) is 9.97 Å². The second-order valence-corrected chi connectivity index (χ2v) is 5.07. The van der Waals surface area contributed by atoms with Crippen LogP contribution in [0.3, 0.4) is 0 Å². The second-order valence-electron chi connectivity index (χ2n) is 5.07. The first kappa shape index (κ1) is 14.1. The van der Waals surface area contributed by atoms with Crippen LogP contribution in [0.1, 0.15) is 31.7 Å². The molecule has 1 aromatic heterocycles. The predicted octanol–water partition coefficient (Wildman–Crippen LogP) is 2.45. The van der Waals surface area contributed by atoms with E-state index < -0.39 is 0 Å². The van der Waals surface area contributed by atoms with Gasteiger partial charge in [0.1, 0.15) is 18.0 Å². The lowest BCUT2D eigenvalue weighted by Crippen LogP contribution is -2.14. The van der Waals surface area contributed by atoms with Gasteiger partial charge in [-0.1, -0.05) is 6.92 Å². The lowest BCUT2D eigenvalue weighted by molar-refractivity contribution is 0.134. The van der Waals surface area contributed by atoms with E-state index in [1.807, 2.05) is 6.92 Å². The van der Waals surface area contributed by atoms with E-state index in [0.29, 0.717) is 0 Å². The number of rotatable bonds is 9. The van der Waals surface area contributed by atoms with E-state index in [1.165, 1.54) is 12.8 Å². The lowest BCUT2D eigenvalue weighted by Gasteiger charge is -2.12. The number of hydrogen-bond acceptors (Lipinski definition) is 5. The molecule has 5 heteroatoms. The third kappa shape index (κ3) is 4.67. The van der Waals surface area contributed by atoms with Crippen LogP contribution in [-0.4, -0.2) is 36.3 Å². The Hall–Kier alpha value is -1.36. The standard InChI is InChI=1S/C14H24N4O/c1-3-6-15-13-11(2)14(18-10-17-13)16-7-8-19-9-12-4-5-12/h10,12H,3-9H2,1-2H3,(H2,15,16,17,18). The van der Waals surface area contributed by atoms with Crippen molar-refractivity contribution in [2.24, 2.45) is 5.92 Å². The molecule has 1 saturated carbocycles. The van der Waals surface area contributed by atoms with Crippen molar-refractivity contribution in [2.45, 2.75) is 33.1 Å². The van der Waals surface area contributed by atoms with Gasteiger partial charge < -0.3 is 15.4 Å². The highest BCUT2D eigenvalue weighted by molar-refractivity contribution is 5.56. The van der Waals surface area contributed by atoms with E-state index >= 15 is 0 Å². The van der Waals surface area contributed by atoms with Crippen molar-refractivity contribution >= 4 is 11.6 Å². The van der Waals surface area contributed by atoms with E-state index in [1.54, 1.807) is 6.33 Å². The largest absolute Gasteiger partial charge is 0.379 e. The third-order valence-corrected chi connectivity index (χ3v) is 3.22. The van der Waals surface area contributed by atoms with E-state index in [4.69, 9.17) is 4.74 Å². The minimum Gasteiger partial charge on any atom is -0.379 e. The molecule has 106 valence electrons. The zero-order chi connectivity index (χ0) is 13.5. The Balaban J connectivity index is 1.74. The molecule has 1 aliphatic carbocycles. The number of anilines is 2. The highest BCUT2D eigenvalue weighted by Gasteiger charge is 2.20. The van der Waals surface area contributed by atoms with Gasteiger partial charge in [-0.2, -0.15) is 0 Å². The van der Waals surface area contributed by atoms with Gasteiger partial charge in [-0.05, 0) is 32.1 Å². The number of aromatic nitrogens is 2. The SMILES string of the molecule is CCCNc1ncnc(NCCOCC2CC2)c1C. The van der Waals surface area contributed by atoms with Crippen molar-refractivity contribution in [2.75, 3.05) is 36.9 Å². The Bertz CT molecular complexity index is 393. The maximum absolute atomic E-state index is 5.59. The van der Waals surface area contributed by atoms with Gasteiger partial charge in [-0.3, -0.25) is 0 Å². The monoisotopic (exact) mass is 264 g/mol. The smallest absolute Gasteiger partial charge is 0.134 e. The Morgan fingerprint density at radius 3 is 2.53 bits per heavy atom. The Morgan fingerprint density at radius 1 is 1.21 bits per heavy atom. The first-order valence-electron chi connectivity index (χ1n) is 7.18. The molecule has 2 N–H and O–H groups in total. The molecular formula is C14H24N4O. The molecule has 0 amide bonds. The molecule has 19 heavy (non-hydrogen) atoms. The van der Waals surface area contributed by atoms with Crippen LogP contribution in [0.15, 0.2) is 6.33 Å². The van der Waals surface area contributed by atoms with Crippen LogP contribution in [0.25, 0.3) is 0 Å². The van der Waals surface area contributed by atoms with Crippen LogP contribution in [0.4, 0.5) is 11.6 Å². The van der Waals surface area contributed by atoms with Crippen LogP contribution in [0.5, 0.6) is 0 Å². The van der Waals surface area contributed by atoms with Gasteiger partial charge in [-0.15, -0.1) is 0 Å². The average molecular weight is 264 g/mol. The van der Waals surface area contributed by atoms with Crippen LogP contribution in [0, 0.1) is 12.8 Å². The molecule has 0 aromatic carbocycles.